The van der Waals surface area contributed by atoms with Crippen LogP contribution < -0.4 is 5.32 Å². The summed E-state index contributed by atoms with van der Waals surface area (Å²) in [7, 11) is 1.50. The molecule has 2 rings (SSSR count). The van der Waals surface area contributed by atoms with Gasteiger partial charge in [0, 0.05) is 19.7 Å². The summed E-state index contributed by atoms with van der Waals surface area (Å²) in [6.45, 7) is 0.173. The molecule has 0 saturated heterocycles. The molecule has 1 unspecified atom stereocenters. The Morgan fingerprint density at radius 3 is 2.73 bits per heavy atom. The zero-order valence-electron chi connectivity index (χ0n) is 12.0. The molecule has 116 valence electrons. The minimum atomic E-state index is -1.01. The van der Waals surface area contributed by atoms with E-state index in [4.69, 9.17) is 9.26 Å². The van der Waals surface area contributed by atoms with Gasteiger partial charge in [-0.3, -0.25) is 9.59 Å². The molecule has 0 spiro atoms. The summed E-state index contributed by atoms with van der Waals surface area (Å²) >= 11 is 0. The minimum absolute atomic E-state index is 0.0371. The van der Waals surface area contributed by atoms with Gasteiger partial charge in [-0.25, -0.2) is 0 Å². The van der Waals surface area contributed by atoms with Crippen molar-refractivity contribution in [1.82, 2.24) is 10.5 Å². The maximum Gasteiger partial charge on any atom is 0.312 e. The van der Waals surface area contributed by atoms with Crippen molar-refractivity contribution in [2.24, 2.45) is 0 Å². The van der Waals surface area contributed by atoms with Crippen LogP contribution in [0.1, 0.15) is 27.7 Å². The highest BCUT2D eigenvalue weighted by molar-refractivity contribution is 5.92. The fourth-order valence-electron chi connectivity index (χ4n) is 1.95. The highest BCUT2D eigenvalue weighted by Crippen LogP contribution is 2.15. The molecule has 0 aliphatic carbocycles. The molecule has 7 nitrogen and oxygen atoms in total. The Morgan fingerprint density at radius 2 is 2.09 bits per heavy atom. The normalized spacial score (nSPS) is 11.9. The fraction of sp³-hybridized carbons (Fsp3) is 0.267. The number of methoxy groups -OCH3 is 1. The summed E-state index contributed by atoms with van der Waals surface area (Å²) in [5.74, 6) is -1.90. The molecule has 1 heterocycles. The predicted molar refractivity (Wildman–Crippen MR) is 76.4 cm³/mol. The molecule has 2 N–H and O–H groups in total. The topological polar surface area (TPSA) is 102 Å². The summed E-state index contributed by atoms with van der Waals surface area (Å²) in [5.41, 5.74) is 0.708. The van der Waals surface area contributed by atoms with Crippen molar-refractivity contribution in [3.05, 3.63) is 53.4 Å². The summed E-state index contributed by atoms with van der Waals surface area (Å²) in [4.78, 5) is 23.3. The molecule has 0 saturated carbocycles. The summed E-state index contributed by atoms with van der Waals surface area (Å²) in [6.07, 6.45) is 0. The molecule has 0 radical (unpaired) electrons. The highest BCUT2D eigenvalue weighted by atomic mass is 16.5. The van der Waals surface area contributed by atoms with Crippen molar-refractivity contribution in [1.29, 1.82) is 0 Å². The van der Waals surface area contributed by atoms with Crippen molar-refractivity contribution >= 4 is 11.9 Å². The van der Waals surface area contributed by atoms with Crippen molar-refractivity contribution in [2.75, 3.05) is 13.7 Å². The number of nitrogens with one attached hydrogen (secondary N) is 1. The Kier molecular flexibility index (Phi) is 5.26. The Balaban J connectivity index is 2.00. The van der Waals surface area contributed by atoms with Gasteiger partial charge in [0.25, 0.3) is 5.91 Å². The summed E-state index contributed by atoms with van der Waals surface area (Å²) < 4.78 is 9.78. The predicted octanol–water partition coefficient (Wildman–Crippen LogP) is 1.42. The quantitative estimate of drug-likeness (QED) is 0.802. The van der Waals surface area contributed by atoms with E-state index in [-0.39, 0.29) is 18.8 Å². The van der Waals surface area contributed by atoms with E-state index in [2.05, 4.69) is 10.5 Å². The van der Waals surface area contributed by atoms with Crippen LogP contribution >= 0.6 is 0 Å². The van der Waals surface area contributed by atoms with Crippen molar-refractivity contribution in [3.63, 3.8) is 0 Å². The number of aromatic nitrogens is 1. The number of hydrogen-bond acceptors (Lipinski definition) is 5. The van der Waals surface area contributed by atoms with Crippen LogP contribution in [0.5, 0.6) is 0 Å². The van der Waals surface area contributed by atoms with Crippen molar-refractivity contribution in [2.45, 2.75) is 12.5 Å². The van der Waals surface area contributed by atoms with E-state index in [0.717, 1.165) is 0 Å². The fourth-order valence-corrected chi connectivity index (χ4v) is 1.95. The number of carbonyl (C=O) groups excluding carboxylic acids is 1. The Labute approximate surface area is 126 Å². The first-order valence-electron chi connectivity index (χ1n) is 6.62. The number of ether oxygens (including phenoxy) is 1. The number of carbonyl (C=O) groups is 2. The molecule has 0 bridgehead atoms. The molecule has 0 aliphatic rings. The van der Waals surface area contributed by atoms with Gasteiger partial charge in [-0.15, -0.1) is 0 Å². The van der Waals surface area contributed by atoms with Crippen LogP contribution in [-0.4, -0.2) is 35.8 Å². The number of carboxylic acids is 1. The Hall–Kier alpha value is -2.67. The van der Waals surface area contributed by atoms with Crippen molar-refractivity contribution < 1.29 is 24.0 Å². The third-order valence-electron chi connectivity index (χ3n) is 3.04. The van der Waals surface area contributed by atoms with E-state index in [1.54, 1.807) is 30.3 Å². The first-order chi connectivity index (χ1) is 10.6. The second kappa shape index (κ2) is 7.37. The van der Waals surface area contributed by atoms with Crippen LogP contribution in [-0.2, 0) is 16.1 Å². The molecule has 0 fully saturated rings. The number of benzene rings is 1. The highest BCUT2D eigenvalue weighted by Gasteiger charge is 2.21. The number of nitrogens with zero attached hydrogens (tertiary/aromatic N) is 1. The maximum absolute atomic E-state index is 12.0. The van der Waals surface area contributed by atoms with Gasteiger partial charge in [-0.05, 0) is 5.56 Å². The zero-order chi connectivity index (χ0) is 15.9. The molecule has 1 aromatic heterocycles. The average molecular weight is 304 g/mol. The van der Waals surface area contributed by atoms with Crippen LogP contribution in [0.15, 0.2) is 40.9 Å². The third-order valence-corrected chi connectivity index (χ3v) is 3.04. The van der Waals surface area contributed by atoms with Gasteiger partial charge in [-0.2, -0.15) is 0 Å². The van der Waals surface area contributed by atoms with E-state index in [1.165, 1.54) is 13.2 Å². The van der Waals surface area contributed by atoms with Gasteiger partial charge in [0.1, 0.15) is 6.61 Å². The standard InChI is InChI=1S/C15H16N2O5/c1-21-9-11-7-13(17-22-11)14(18)16-8-12(15(19)20)10-5-3-2-4-6-10/h2-7,12H,8-9H2,1H3,(H,16,18)(H,19,20). The molecule has 22 heavy (non-hydrogen) atoms. The smallest absolute Gasteiger partial charge is 0.312 e. The molecular weight excluding hydrogens is 288 g/mol. The molecule has 7 heteroatoms. The Morgan fingerprint density at radius 1 is 1.36 bits per heavy atom. The van der Waals surface area contributed by atoms with E-state index in [1.807, 2.05) is 0 Å². The van der Waals surface area contributed by atoms with Gasteiger partial charge >= 0.3 is 5.97 Å². The van der Waals surface area contributed by atoms with Crippen LogP contribution in [0.2, 0.25) is 0 Å². The van der Waals surface area contributed by atoms with Crippen LogP contribution in [0.4, 0.5) is 0 Å². The van der Waals surface area contributed by atoms with Gasteiger partial charge in [0.2, 0.25) is 0 Å². The third kappa shape index (κ3) is 3.92. The van der Waals surface area contributed by atoms with Gasteiger partial charge in [-0.1, -0.05) is 35.5 Å². The monoisotopic (exact) mass is 304 g/mol. The number of hydrogen-bond donors (Lipinski definition) is 2. The minimum Gasteiger partial charge on any atom is -0.481 e. The maximum atomic E-state index is 12.0. The number of aliphatic carboxylic acids is 1. The summed E-state index contributed by atoms with van der Waals surface area (Å²) in [5, 5.41) is 15.4. The lowest BCUT2D eigenvalue weighted by Crippen LogP contribution is -2.31. The van der Waals surface area contributed by atoms with E-state index >= 15 is 0 Å². The molecule has 2 aromatic rings. The second-order valence-corrected chi connectivity index (χ2v) is 4.62. The summed E-state index contributed by atoms with van der Waals surface area (Å²) in [6, 6.07) is 10.2. The van der Waals surface area contributed by atoms with Gasteiger partial charge < -0.3 is 19.7 Å². The second-order valence-electron chi connectivity index (χ2n) is 4.62. The molecule has 1 aromatic carbocycles. The van der Waals surface area contributed by atoms with E-state index in [9.17, 15) is 14.7 Å². The Bertz CT molecular complexity index is 638. The van der Waals surface area contributed by atoms with Gasteiger partial charge in [0.05, 0.1) is 5.92 Å². The molecule has 0 aliphatic heterocycles. The number of amides is 1. The molecule has 1 atom stereocenters. The van der Waals surface area contributed by atoms with Crippen LogP contribution in [0.3, 0.4) is 0 Å². The first kappa shape index (κ1) is 15.7. The molecule has 1 amide bonds. The van der Waals surface area contributed by atoms with Crippen LogP contribution in [0.25, 0.3) is 0 Å². The van der Waals surface area contributed by atoms with E-state index < -0.39 is 17.8 Å². The first-order valence-corrected chi connectivity index (χ1v) is 6.62. The largest absolute Gasteiger partial charge is 0.481 e. The van der Waals surface area contributed by atoms with Crippen molar-refractivity contribution in [3.8, 4) is 0 Å². The van der Waals surface area contributed by atoms with Gasteiger partial charge in [0.15, 0.2) is 11.5 Å². The SMILES string of the molecule is COCc1cc(C(=O)NCC(C(=O)O)c2ccccc2)no1. The lowest BCUT2D eigenvalue weighted by atomic mass is 9.99. The zero-order valence-corrected chi connectivity index (χ0v) is 12.0. The van der Waals surface area contributed by atoms with Crippen LogP contribution in [0, 0.1) is 0 Å². The lowest BCUT2D eigenvalue weighted by molar-refractivity contribution is -0.138. The number of rotatable bonds is 7. The molecular formula is C15H16N2O5. The number of carboxylic acid groups (broad SMARTS) is 1. The van der Waals surface area contributed by atoms with E-state index in [0.29, 0.717) is 11.3 Å². The lowest BCUT2D eigenvalue weighted by Gasteiger charge is -2.13. The average Bonchev–Trinajstić information content (AvgIpc) is 2.97.